The molecule has 2 nitrogen and oxygen atoms in total. The van der Waals surface area contributed by atoms with E-state index in [9.17, 15) is 0 Å². The molecule has 16 heavy (non-hydrogen) atoms. The van der Waals surface area contributed by atoms with Gasteiger partial charge in [0.1, 0.15) is 0 Å². The SMILES string of the molecule is CSc1ccc(C2(C(C)(C)N)COC2)cc1. The Balaban J connectivity index is 2.34. The van der Waals surface area contributed by atoms with E-state index in [0.29, 0.717) is 0 Å². The van der Waals surface area contributed by atoms with Crippen LogP contribution in [0.15, 0.2) is 29.2 Å². The van der Waals surface area contributed by atoms with Crippen molar-refractivity contribution in [3.05, 3.63) is 29.8 Å². The van der Waals surface area contributed by atoms with Gasteiger partial charge in [-0.25, -0.2) is 0 Å². The average Bonchev–Trinajstić information content (AvgIpc) is 2.15. The molecular formula is C13H19NOS. The highest BCUT2D eigenvalue weighted by Gasteiger charge is 2.50. The van der Waals surface area contributed by atoms with Crippen molar-refractivity contribution in [2.75, 3.05) is 19.5 Å². The van der Waals surface area contributed by atoms with Gasteiger partial charge in [0.2, 0.25) is 0 Å². The third-order valence-electron chi connectivity index (χ3n) is 3.57. The van der Waals surface area contributed by atoms with Crippen LogP contribution in [0.5, 0.6) is 0 Å². The van der Waals surface area contributed by atoms with Gasteiger partial charge in [0.25, 0.3) is 0 Å². The molecule has 2 rings (SSSR count). The van der Waals surface area contributed by atoms with E-state index >= 15 is 0 Å². The molecule has 3 heteroatoms. The number of rotatable bonds is 3. The number of hydrogen-bond acceptors (Lipinski definition) is 3. The van der Waals surface area contributed by atoms with E-state index in [1.165, 1.54) is 10.5 Å². The second-order valence-corrected chi connectivity index (χ2v) is 5.90. The summed E-state index contributed by atoms with van der Waals surface area (Å²) in [5.41, 5.74) is 7.33. The van der Waals surface area contributed by atoms with Crippen molar-refractivity contribution in [2.45, 2.75) is 29.7 Å². The van der Waals surface area contributed by atoms with Crippen LogP contribution in [0.2, 0.25) is 0 Å². The fraction of sp³-hybridized carbons (Fsp3) is 0.538. The summed E-state index contributed by atoms with van der Waals surface area (Å²) in [5.74, 6) is 0. The Hall–Kier alpha value is -0.510. The van der Waals surface area contributed by atoms with E-state index in [0.717, 1.165) is 13.2 Å². The second-order valence-electron chi connectivity index (χ2n) is 5.03. The summed E-state index contributed by atoms with van der Waals surface area (Å²) in [4.78, 5) is 1.29. The van der Waals surface area contributed by atoms with Gasteiger partial charge in [-0.1, -0.05) is 12.1 Å². The third kappa shape index (κ3) is 1.77. The number of nitrogens with two attached hydrogens (primary N) is 1. The highest BCUT2D eigenvalue weighted by molar-refractivity contribution is 7.98. The highest BCUT2D eigenvalue weighted by Crippen LogP contribution is 2.40. The maximum Gasteiger partial charge on any atom is 0.0603 e. The molecular weight excluding hydrogens is 218 g/mol. The molecule has 1 saturated heterocycles. The van der Waals surface area contributed by atoms with E-state index in [-0.39, 0.29) is 11.0 Å². The van der Waals surface area contributed by atoms with E-state index in [4.69, 9.17) is 10.5 Å². The van der Waals surface area contributed by atoms with Gasteiger partial charge in [0.15, 0.2) is 0 Å². The Morgan fingerprint density at radius 1 is 1.25 bits per heavy atom. The molecule has 1 aromatic carbocycles. The molecule has 0 spiro atoms. The van der Waals surface area contributed by atoms with Crippen LogP contribution in [0.1, 0.15) is 19.4 Å². The van der Waals surface area contributed by atoms with Gasteiger partial charge in [0, 0.05) is 10.4 Å². The van der Waals surface area contributed by atoms with Crippen molar-refractivity contribution in [3.63, 3.8) is 0 Å². The van der Waals surface area contributed by atoms with Gasteiger partial charge in [0.05, 0.1) is 18.6 Å². The van der Waals surface area contributed by atoms with Crippen molar-refractivity contribution in [1.29, 1.82) is 0 Å². The van der Waals surface area contributed by atoms with E-state index in [1.54, 1.807) is 11.8 Å². The van der Waals surface area contributed by atoms with Crippen molar-refractivity contribution in [3.8, 4) is 0 Å². The Kier molecular flexibility index (Phi) is 3.03. The fourth-order valence-electron chi connectivity index (χ4n) is 2.13. The summed E-state index contributed by atoms with van der Waals surface area (Å²) in [6, 6.07) is 8.68. The van der Waals surface area contributed by atoms with Crippen molar-refractivity contribution < 1.29 is 4.74 Å². The van der Waals surface area contributed by atoms with Gasteiger partial charge < -0.3 is 10.5 Å². The normalized spacial score (nSPS) is 19.2. The zero-order valence-corrected chi connectivity index (χ0v) is 10.9. The predicted molar refractivity (Wildman–Crippen MR) is 69.0 cm³/mol. The Bertz CT molecular complexity index is 363. The van der Waals surface area contributed by atoms with E-state index in [2.05, 4.69) is 44.4 Å². The maximum absolute atomic E-state index is 6.29. The molecule has 0 aliphatic carbocycles. The lowest BCUT2D eigenvalue weighted by atomic mass is 9.66. The largest absolute Gasteiger partial charge is 0.379 e. The minimum absolute atomic E-state index is 0.00998. The molecule has 0 atom stereocenters. The predicted octanol–water partition coefficient (Wildman–Crippen LogP) is 2.41. The highest BCUT2D eigenvalue weighted by atomic mass is 32.2. The quantitative estimate of drug-likeness (QED) is 0.820. The topological polar surface area (TPSA) is 35.2 Å². The Morgan fingerprint density at radius 3 is 2.12 bits per heavy atom. The first-order valence-corrected chi connectivity index (χ1v) is 6.73. The Morgan fingerprint density at radius 2 is 1.81 bits per heavy atom. The lowest BCUT2D eigenvalue weighted by Crippen LogP contribution is -2.64. The molecule has 1 aliphatic rings. The van der Waals surface area contributed by atoms with Crippen molar-refractivity contribution >= 4 is 11.8 Å². The minimum Gasteiger partial charge on any atom is -0.379 e. The van der Waals surface area contributed by atoms with Crippen molar-refractivity contribution in [2.24, 2.45) is 5.73 Å². The van der Waals surface area contributed by atoms with Crippen LogP contribution in [0, 0.1) is 0 Å². The van der Waals surface area contributed by atoms with Crippen LogP contribution in [0.25, 0.3) is 0 Å². The molecule has 1 fully saturated rings. The molecule has 0 unspecified atom stereocenters. The molecule has 0 radical (unpaired) electrons. The van der Waals surface area contributed by atoms with Gasteiger partial charge in [-0.3, -0.25) is 0 Å². The fourth-order valence-corrected chi connectivity index (χ4v) is 2.54. The first-order chi connectivity index (χ1) is 7.49. The van der Waals surface area contributed by atoms with Crippen LogP contribution in [0.3, 0.4) is 0 Å². The van der Waals surface area contributed by atoms with Gasteiger partial charge >= 0.3 is 0 Å². The molecule has 2 N–H and O–H groups in total. The van der Waals surface area contributed by atoms with Crippen LogP contribution >= 0.6 is 11.8 Å². The molecule has 0 aromatic heterocycles. The van der Waals surface area contributed by atoms with Crippen LogP contribution in [-0.4, -0.2) is 25.0 Å². The summed E-state index contributed by atoms with van der Waals surface area (Å²) in [5, 5.41) is 0. The molecule has 1 aliphatic heterocycles. The van der Waals surface area contributed by atoms with Gasteiger partial charge in [-0.15, -0.1) is 11.8 Å². The molecule has 1 heterocycles. The van der Waals surface area contributed by atoms with Crippen LogP contribution in [0.4, 0.5) is 0 Å². The Labute approximate surface area is 102 Å². The first kappa shape index (κ1) is 12.0. The van der Waals surface area contributed by atoms with Crippen molar-refractivity contribution in [1.82, 2.24) is 0 Å². The van der Waals surface area contributed by atoms with Gasteiger partial charge in [-0.2, -0.15) is 0 Å². The number of ether oxygens (including phenoxy) is 1. The zero-order valence-electron chi connectivity index (χ0n) is 10.1. The number of thioether (sulfide) groups is 1. The summed E-state index contributed by atoms with van der Waals surface area (Å²) in [6.45, 7) is 5.63. The third-order valence-corrected chi connectivity index (χ3v) is 4.32. The summed E-state index contributed by atoms with van der Waals surface area (Å²) < 4.78 is 5.39. The first-order valence-electron chi connectivity index (χ1n) is 5.51. The van der Waals surface area contributed by atoms with Crippen LogP contribution < -0.4 is 5.73 Å². The summed E-state index contributed by atoms with van der Waals surface area (Å²) in [7, 11) is 0. The maximum atomic E-state index is 6.29. The molecule has 88 valence electrons. The molecule has 0 amide bonds. The van der Waals surface area contributed by atoms with E-state index in [1.807, 2.05) is 0 Å². The van der Waals surface area contributed by atoms with E-state index < -0.39 is 0 Å². The minimum atomic E-state index is -0.244. The number of benzene rings is 1. The monoisotopic (exact) mass is 237 g/mol. The average molecular weight is 237 g/mol. The standard InChI is InChI=1S/C13H19NOS/c1-12(2,14)13(8-15-9-13)10-4-6-11(16-3)7-5-10/h4-7H,8-9,14H2,1-3H3. The van der Waals surface area contributed by atoms with Crippen LogP contribution in [-0.2, 0) is 10.2 Å². The summed E-state index contributed by atoms with van der Waals surface area (Å²) >= 11 is 1.76. The molecule has 1 aromatic rings. The van der Waals surface area contributed by atoms with Gasteiger partial charge in [-0.05, 0) is 37.8 Å². The molecule has 0 bridgehead atoms. The lowest BCUT2D eigenvalue weighted by Gasteiger charge is -2.51. The molecule has 0 saturated carbocycles. The zero-order chi connectivity index (χ0) is 11.8. The summed E-state index contributed by atoms with van der Waals surface area (Å²) in [6.07, 6.45) is 2.09. The number of hydrogen-bond donors (Lipinski definition) is 1. The lowest BCUT2D eigenvalue weighted by molar-refractivity contribution is -0.0919. The smallest absolute Gasteiger partial charge is 0.0603 e. The second kappa shape index (κ2) is 4.06.